The molecule has 1 N–H and O–H groups in total. The second-order valence-corrected chi connectivity index (χ2v) is 9.27. The van der Waals surface area contributed by atoms with E-state index in [1.54, 1.807) is 48.5 Å². The number of aliphatic hydroxyl groups is 1. The lowest BCUT2D eigenvalue weighted by atomic mass is 9.94. The quantitative estimate of drug-likeness (QED) is 0.251. The van der Waals surface area contributed by atoms with E-state index in [4.69, 9.17) is 4.74 Å². The van der Waals surface area contributed by atoms with Gasteiger partial charge in [-0.15, -0.1) is 0 Å². The third-order valence-electron chi connectivity index (χ3n) is 6.84. The van der Waals surface area contributed by atoms with Gasteiger partial charge in [-0.05, 0) is 73.9 Å². The SMILES string of the molecule is CCCOc1ccc(/C(O)=C2\C(=O)C(=O)N(c3ccc(N4CCCC4)cc3)C2c2ccccc2F)cc1. The molecule has 7 heteroatoms. The van der Waals surface area contributed by atoms with Crippen LogP contribution in [-0.4, -0.2) is 36.5 Å². The number of hydrogen-bond acceptors (Lipinski definition) is 5. The molecule has 6 nitrogen and oxygen atoms in total. The summed E-state index contributed by atoms with van der Waals surface area (Å²) in [4.78, 5) is 30.2. The number of carbonyl (C=O) groups excluding carboxylic acids is 2. The third kappa shape index (κ3) is 4.69. The van der Waals surface area contributed by atoms with E-state index in [2.05, 4.69) is 4.90 Å². The molecule has 0 bridgehead atoms. The molecule has 2 saturated heterocycles. The van der Waals surface area contributed by atoms with E-state index in [9.17, 15) is 14.7 Å². The van der Waals surface area contributed by atoms with Crippen LogP contribution in [0.25, 0.3) is 5.76 Å². The molecular formula is C30H29FN2O4. The second-order valence-electron chi connectivity index (χ2n) is 9.27. The Bertz CT molecular complexity index is 1330. The summed E-state index contributed by atoms with van der Waals surface area (Å²) in [5.74, 6) is -1.97. The molecular weight excluding hydrogens is 471 g/mol. The van der Waals surface area contributed by atoms with Gasteiger partial charge in [0.05, 0.1) is 18.2 Å². The average molecular weight is 501 g/mol. The van der Waals surface area contributed by atoms with E-state index in [0.717, 1.165) is 38.0 Å². The Morgan fingerprint density at radius 1 is 0.946 bits per heavy atom. The van der Waals surface area contributed by atoms with Crippen molar-refractivity contribution in [3.8, 4) is 5.75 Å². The van der Waals surface area contributed by atoms with E-state index in [0.29, 0.717) is 23.6 Å². The molecule has 3 aromatic carbocycles. The number of amides is 1. The standard InChI is InChI=1S/C30H29FN2O4/c1-2-19-37-23-15-9-20(10-16-23)28(34)26-27(24-7-3-4-8-25(24)31)33(30(36)29(26)35)22-13-11-21(12-14-22)32-17-5-6-18-32/h3-4,7-16,27,34H,2,5-6,17-19H2,1H3/b28-26+. The summed E-state index contributed by atoms with van der Waals surface area (Å²) in [5, 5.41) is 11.3. The van der Waals surface area contributed by atoms with Gasteiger partial charge in [-0.3, -0.25) is 14.5 Å². The van der Waals surface area contributed by atoms with Crippen molar-refractivity contribution in [1.82, 2.24) is 0 Å². The van der Waals surface area contributed by atoms with Crippen LogP contribution in [0.3, 0.4) is 0 Å². The number of ether oxygens (including phenoxy) is 1. The highest BCUT2D eigenvalue weighted by Crippen LogP contribution is 2.43. The average Bonchev–Trinajstić information content (AvgIpc) is 3.55. The first-order valence-corrected chi connectivity index (χ1v) is 12.6. The van der Waals surface area contributed by atoms with Crippen molar-refractivity contribution in [2.75, 3.05) is 29.5 Å². The van der Waals surface area contributed by atoms with E-state index in [1.165, 1.54) is 17.0 Å². The Balaban J connectivity index is 1.58. The number of benzene rings is 3. The van der Waals surface area contributed by atoms with Crippen molar-refractivity contribution in [3.05, 3.63) is 95.3 Å². The van der Waals surface area contributed by atoms with Crippen LogP contribution in [0.2, 0.25) is 0 Å². The molecule has 0 spiro atoms. The van der Waals surface area contributed by atoms with Gasteiger partial charge in [0.15, 0.2) is 0 Å². The smallest absolute Gasteiger partial charge is 0.300 e. The molecule has 2 fully saturated rings. The first kappa shape index (κ1) is 24.6. The molecule has 2 aliphatic rings. The minimum Gasteiger partial charge on any atom is -0.507 e. The minimum atomic E-state index is -1.12. The predicted octanol–water partition coefficient (Wildman–Crippen LogP) is 5.84. The normalized spacial score (nSPS) is 19.0. The molecule has 0 aliphatic carbocycles. The summed E-state index contributed by atoms with van der Waals surface area (Å²) in [6.45, 7) is 4.50. The molecule has 1 atom stereocenters. The minimum absolute atomic E-state index is 0.134. The van der Waals surface area contributed by atoms with Gasteiger partial charge in [0.2, 0.25) is 0 Å². The highest BCUT2D eigenvalue weighted by atomic mass is 19.1. The van der Waals surface area contributed by atoms with Gasteiger partial charge < -0.3 is 14.7 Å². The largest absolute Gasteiger partial charge is 0.507 e. The molecule has 0 radical (unpaired) electrons. The summed E-state index contributed by atoms with van der Waals surface area (Å²) in [6.07, 6.45) is 3.12. The highest BCUT2D eigenvalue weighted by molar-refractivity contribution is 6.51. The van der Waals surface area contributed by atoms with Crippen molar-refractivity contribution in [3.63, 3.8) is 0 Å². The number of halogens is 1. The van der Waals surface area contributed by atoms with Crippen molar-refractivity contribution in [1.29, 1.82) is 0 Å². The summed E-state index contributed by atoms with van der Waals surface area (Å²) in [6, 6.07) is 18.9. The van der Waals surface area contributed by atoms with Crippen LogP contribution in [-0.2, 0) is 9.59 Å². The maximum atomic E-state index is 15.1. The first-order chi connectivity index (χ1) is 18.0. The zero-order valence-electron chi connectivity index (χ0n) is 20.7. The van der Waals surface area contributed by atoms with Crippen LogP contribution in [0.5, 0.6) is 5.75 Å². The van der Waals surface area contributed by atoms with Gasteiger partial charge in [0, 0.05) is 35.6 Å². The van der Waals surface area contributed by atoms with Gasteiger partial charge in [-0.25, -0.2) is 4.39 Å². The predicted molar refractivity (Wildman–Crippen MR) is 141 cm³/mol. The van der Waals surface area contributed by atoms with Crippen LogP contribution >= 0.6 is 0 Å². The fourth-order valence-electron chi connectivity index (χ4n) is 4.97. The van der Waals surface area contributed by atoms with Crippen molar-refractivity contribution >= 4 is 28.8 Å². The third-order valence-corrected chi connectivity index (χ3v) is 6.84. The molecule has 2 aliphatic heterocycles. The maximum absolute atomic E-state index is 15.1. The first-order valence-electron chi connectivity index (χ1n) is 12.6. The molecule has 190 valence electrons. The van der Waals surface area contributed by atoms with E-state index in [1.807, 2.05) is 19.1 Å². The highest BCUT2D eigenvalue weighted by Gasteiger charge is 2.47. The fraction of sp³-hybridized carbons (Fsp3) is 0.267. The van der Waals surface area contributed by atoms with Gasteiger partial charge in [-0.1, -0.05) is 25.1 Å². The number of aliphatic hydroxyl groups excluding tert-OH is 1. The lowest BCUT2D eigenvalue weighted by Crippen LogP contribution is -2.30. The number of anilines is 2. The number of nitrogens with zero attached hydrogens (tertiary/aromatic N) is 2. The summed E-state index contributed by atoms with van der Waals surface area (Å²) >= 11 is 0. The molecule has 1 amide bonds. The Morgan fingerprint density at radius 3 is 2.24 bits per heavy atom. The van der Waals surface area contributed by atoms with Gasteiger partial charge in [0.1, 0.15) is 17.3 Å². The number of carbonyl (C=O) groups is 2. The number of Topliss-reactive ketones (excluding diaryl/α,β-unsaturated/α-hetero) is 1. The van der Waals surface area contributed by atoms with E-state index < -0.39 is 23.5 Å². The lowest BCUT2D eigenvalue weighted by Gasteiger charge is -2.26. The van der Waals surface area contributed by atoms with Crippen LogP contribution in [0.1, 0.15) is 43.4 Å². The van der Waals surface area contributed by atoms with Crippen LogP contribution in [0.15, 0.2) is 78.4 Å². The molecule has 37 heavy (non-hydrogen) atoms. The Labute approximate surface area is 215 Å². The van der Waals surface area contributed by atoms with Gasteiger partial charge >= 0.3 is 0 Å². The van der Waals surface area contributed by atoms with Crippen LogP contribution in [0, 0.1) is 5.82 Å². The number of hydrogen-bond donors (Lipinski definition) is 1. The molecule has 2 heterocycles. The summed E-state index contributed by atoms with van der Waals surface area (Å²) < 4.78 is 20.7. The Kier molecular flexibility index (Phi) is 6.95. The molecule has 3 aromatic rings. The lowest BCUT2D eigenvalue weighted by molar-refractivity contribution is -0.132. The van der Waals surface area contributed by atoms with Crippen LogP contribution < -0.4 is 14.5 Å². The number of ketones is 1. The van der Waals surface area contributed by atoms with E-state index >= 15 is 4.39 Å². The van der Waals surface area contributed by atoms with Crippen molar-refractivity contribution in [2.24, 2.45) is 0 Å². The maximum Gasteiger partial charge on any atom is 0.300 e. The topological polar surface area (TPSA) is 70.1 Å². The monoisotopic (exact) mass is 500 g/mol. The van der Waals surface area contributed by atoms with E-state index in [-0.39, 0.29) is 16.9 Å². The molecule has 0 saturated carbocycles. The Hall–Kier alpha value is -4.13. The van der Waals surface area contributed by atoms with Crippen molar-refractivity contribution in [2.45, 2.75) is 32.2 Å². The number of rotatable bonds is 7. The van der Waals surface area contributed by atoms with Crippen molar-refractivity contribution < 1.29 is 23.8 Å². The summed E-state index contributed by atoms with van der Waals surface area (Å²) in [7, 11) is 0. The second kappa shape index (κ2) is 10.5. The molecule has 1 unspecified atom stereocenters. The summed E-state index contributed by atoms with van der Waals surface area (Å²) in [5.41, 5.74) is 1.81. The molecule has 5 rings (SSSR count). The zero-order chi connectivity index (χ0) is 25.9. The van der Waals surface area contributed by atoms with Crippen LogP contribution in [0.4, 0.5) is 15.8 Å². The van der Waals surface area contributed by atoms with Gasteiger partial charge in [-0.2, -0.15) is 0 Å². The fourth-order valence-corrected chi connectivity index (χ4v) is 4.97. The van der Waals surface area contributed by atoms with Gasteiger partial charge in [0.25, 0.3) is 11.7 Å². The Morgan fingerprint density at radius 2 is 1.59 bits per heavy atom. The molecule has 0 aromatic heterocycles. The zero-order valence-corrected chi connectivity index (χ0v) is 20.7.